The summed E-state index contributed by atoms with van der Waals surface area (Å²) in [6.07, 6.45) is -1.000. The number of hydrogen-bond donors (Lipinski definition) is 0. The number of imide groups is 1. The number of amides is 2. The summed E-state index contributed by atoms with van der Waals surface area (Å²) in [7, 11) is 0. The van der Waals surface area contributed by atoms with Crippen molar-refractivity contribution in [2.24, 2.45) is 0 Å². The van der Waals surface area contributed by atoms with Gasteiger partial charge in [0.25, 0.3) is 11.8 Å². The van der Waals surface area contributed by atoms with Crippen molar-refractivity contribution in [1.29, 1.82) is 0 Å². The van der Waals surface area contributed by atoms with E-state index in [0.29, 0.717) is 5.06 Å². The highest BCUT2D eigenvalue weighted by Gasteiger charge is 2.39. The molecule has 1 atom stereocenters. The van der Waals surface area contributed by atoms with Gasteiger partial charge in [0.15, 0.2) is 6.10 Å². The first kappa shape index (κ1) is 19.5. The number of hydroxylamine groups is 2. The third-order valence-electron chi connectivity index (χ3n) is 4.74. The maximum absolute atomic E-state index is 12.8. The Morgan fingerprint density at radius 2 is 1.23 bits per heavy atom. The second-order valence-electron chi connectivity index (χ2n) is 6.83. The summed E-state index contributed by atoms with van der Waals surface area (Å²) in [5.41, 5.74) is 2.14. The fourth-order valence-corrected chi connectivity index (χ4v) is 3.20. The molecule has 0 spiro atoms. The van der Waals surface area contributed by atoms with E-state index in [1.54, 1.807) is 24.3 Å². The predicted molar refractivity (Wildman–Crippen MR) is 108 cm³/mol. The zero-order chi connectivity index (χ0) is 20.9. The van der Waals surface area contributed by atoms with Crippen molar-refractivity contribution in [3.05, 3.63) is 107 Å². The molecule has 6 heteroatoms. The van der Waals surface area contributed by atoms with E-state index >= 15 is 0 Å². The third-order valence-corrected chi connectivity index (χ3v) is 4.74. The molecular formula is C24H19NO5. The highest BCUT2D eigenvalue weighted by molar-refractivity contribution is 6.20. The van der Waals surface area contributed by atoms with Crippen LogP contribution in [0.1, 0.15) is 31.8 Å². The molecule has 0 aliphatic carbocycles. The summed E-state index contributed by atoms with van der Waals surface area (Å²) in [6.45, 7) is 0.0659. The lowest BCUT2D eigenvalue weighted by Crippen LogP contribution is -2.40. The molecule has 6 nitrogen and oxygen atoms in total. The predicted octanol–water partition coefficient (Wildman–Crippen LogP) is 3.57. The normalized spacial score (nSPS) is 13.8. The summed E-state index contributed by atoms with van der Waals surface area (Å²) in [6, 6.07) is 24.9. The highest BCUT2D eigenvalue weighted by Crippen LogP contribution is 2.24. The Morgan fingerprint density at radius 3 is 1.80 bits per heavy atom. The van der Waals surface area contributed by atoms with Crippen molar-refractivity contribution in [3.63, 3.8) is 0 Å². The van der Waals surface area contributed by atoms with Gasteiger partial charge in [0.05, 0.1) is 11.1 Å². The van der Waals surface area contributed by atoms with E-state index in [4.69, 9.17) is 9.57 Å². The maximum atomic E-state index is 12.8. The summed E-state index contributed by atoms with van der Waals surface area (Å²) >= 11 is 0. The Hall–Kier alpha value is -3.77. The summed E-state index contributed by atoms with van der Waals surface area (Å²) < 4.78 is 5.41. The summed E-state index contributed by atoms with van der Waals surface area (Å²) in [4.78, 5) is 43.7. The van der Waals surface area contributed by atoms with E-state index in [1.165, 1.54) is 0 Å². The number of carbonyl (C=O) groups excluding carboxylic acids is 3. The van der Waals surface area contributed by atoms with Crippen LogP contribution >= 0.6 is 0 Å². The van der Waals surface area contributed by atoms with Crippen molar-refractivity contribution in [3.8, 4) is 0 Å². The van der Waals surface area contributed by atoms with Gasteiger partial charge >= 0.3 is 5.97 Å². The van der Waals surface area contributed by atoms with Gasteiger partial charge < -0.3 is 4.74 Å². The maximum Gasteiger partial charge on any atom is 0.338 e. The molecule has 0 fully saturated rings. The minimum atomic E-state index is -1.15. The molecule has 0 unspecified atom stereocenters. The molecule has 1 aliphatic heterocycles. The molecule has 1 heterocycles. The van der Waals surface area contributed by atoms with Gasteiger partial charge in [-0.15, -0.1) is 5.06 Å². The number of esters is 1. The smallest absolute Gasteiger partial charge is 0.338 e. The molecule has 0 aromatic heterocycles. The van der Waals surface area contributed by atoms with Crippen molar-refractivity contribution in [1.82, 2.24) is 5.06 Å². The van der Waals surface area contributed by atoms with Gasteiger partial charge in [-0.3, -0.25) is 9.59 Å². The summed E-state index contributed by atoms with van der Waals surface area (Å²) in [5.74, 6) is -1.84. The van der Waals surface area contributed by atoms with E-state index < -0.39 is 23.9 Å². The largest absolute Gasteiger partial charge is 0.459 e. The molecule has 30 heavy (non-hydrogen) atoms. The quantitative estimate of drug-likeness (QED) is 0.447. The van der Waals surface area contributed by atoms with Crippen LogP contribution < -0.4 is 0 Å². The highest BCUT2D eigenvalue weighted by atomic mass is 16.7. The lowest BCUT2D eigenvalue weighted by molar-refractivity contribution is -0.181. The van der Waals surface area contributed by atoms with Crippen LogP contribution in [0.2, 0.25) is 0 Å². The SMILES string of the molecule is O=C(OCc1ccccc1)[C@@H](Cc1ccccc1)ON1C(=O)c2ccccc2C1=O. The van der Waals surface area contributed by atoms with E-state index in [2.05, 4.69) is 0 Å². The molecule has 4 rings (SSSR count). The minimum Gasteiger partial charge on any atom is -0.459 e. The number of fused-ring (bicyclic) bond motifs is 1. The number of rotatable bonds is 7. The molecule has 0 radical (unpaired) electrons. The van der Waals surface area contributed by atoms with E-state index in [1.807, 2.05) is 60.7 Å². The van der Waals surface area contributed by atoms with Crippen molar-refractivity contribution in [2.75, 3.05) is 0 Å². The first-order valence-electron chi connectivity index (χ1n) is 9.52. The Morgan fingerprint density at radius 1 is 0.733 bits per heavy atom. The Bertz CT molecular complexity index is 1030. The zero-order valence-electron chi connectivity index (χ0n) is 16.1. The van der Waals surface area contributed by atoms with Crippen LogP contribution in [0.4, 0.5) is 0 Å². The molecule has 0 saturated heterocycles. The van der Waals surface area contributed by atoms with Gasteiger partial charge in [0.1, 0.15) is 6.61 Å². The molecule has 0 bridgehead atoms. The number of benzene rings is 3. The molecule has 150 valence electrons. The molecule has 3 aromatic rings. The first-order chi connectivity index (χ1) is 14.6. The number of hydrogen-bond acceptors (Lipinski definition) is 5. The number of ether oxygens (including phenoxy) is 1. The molecule has 3 aromatic carbocycles. The lowest BCUT2D eigenvalue weighted by Gasteiger charge is -2.21. The fraction of sp³-hybridized carbons (Fsp3) is 0.125. The Kier molecular flexibility index (Phi) is 5.68. The van der Waals surface area contributed by atoms with Crippen LogP contribution in [-0.4, -0.2) is 29.0 Å². The monoisotopic (exact) mass is 401 g/mol. The average Bonchev–Trinajstić information content (AvgIpc) is 3.03. The molecule has 0 N–H and O–H groups in total. The topological polar surface area (TPSA) is 72.9 Å². The zero-order valence-corrected chi connectivity index (χ0v) is 16.1. The molecule has 2 amide bonds. The van der Waals surface area contributed by atoms with E-state index in [0.717, 1.165) is 11.1 Å². The van der Waals surface area contributed by atoms with Crippen LogP contribution in [0, 0.1) is 0 Å². The van der Waals surface area contributed by atoms with Crippen LogP contribution in [0.25, 0.3) is 0 Å². The van der Waals surface area contributed by atoms with Gasteiger partial charge in [0.2, 0.25) is 0 Å². The second-order valence-corrected chi connectivity index (χ2v) is 6.83. The van der Waals surface area contributed by atoms with E-state index in [-0.39, 0.29) is 24.2 Å². The van der Waals surface area contributed by atoms with Gasteiger partial charge in [-0.05, 0) is 23.3 Å². The number of carbonyl (C=O) groups is 3. The standard InChI is InChI=1S/C24H19NO5/c26-22-19-13-7-8-14-20(19)23(27)25(22)30-21(15-17-9-3-1-4-10-17)24(28)29-16-18-11-5-2-6-12-18/h1-14,21H,15-16H2/t21-/m1/s1. The van der Waals surface area contributed by atoms with Crippen molar-refractivity contribution >= 4 is 17.8 Å². The van der Waals surface area contributed by atoms with Gasteiger partial charge in [-0.2, -0.15) is 0 Å². The fourth-order valence-electron chi connectivity index (χ4n) is 3.20. The first-order valence-corrected chi connectivity index (χ1v) is 9.52. The Labute approximate surface area is 173 Å². The van der Waals surface area contributed by atoms with E-state index in [9.17, 15) is 14.4 Å². The van der Waals surface area contributed by atoms with Gasteiger partial charge in [-0.1, -0.05) is 72.8 Å². The van der Waals surface area contributed by atoms with Crippen LogP contribution in [0.3, 0.4) is 0 Å². The minimum absolute atomic E-state index is 0.0659. The molecular weight excluding hydrogens is 382 g/mol. The molecule has 0 saturated carbocycles. The average molecular weight is 401 g/mol. The third kappa shape index (κ3) is 4.14. The van der Waals surface area contributed by atoms with Crippen molar-refractivity contribution in [2.45, 2.75) is 19.1 Å². The van der Waals surface area contributed by atoms with Gasteiger partial charge in [0, 0.05) is 6.42 Å². The lowest BCUT2D eigenvalue weighted by atomic mass is 10.1. The summed E-state index contributed by atoms with van der Waals surface area (Å²) in [5, 5.41) is 0.655. The van der Waals surface area contributed by atoms with Crippen molar-refractivity contribution < 1.29 is 24.0 Å². The van der Waals surface area contributed by atoms with Crippen LogP contribution in [0.5, 0.6) is 0 Å². The Balaban J connectivity index is 1.52. The van der Waals surface area contributed by atoms with Gasteiger partial charge in [-0.25, -0.2) is 9.63 Å². The molecule has 1 aliphatic rings. The second kappa shape index (κ2) is 8.71. The van der Waals surface area contributed by atoms with Crippen LogP contribution in [-0.2, 0) is 27.4 Å². The van der Waals surface area contributed by atoms with Crippen LogP contribution in [0.15, 0.2) is 84.9 Å². The number of nitrogens with zero attached hydrogens (tertiary/aromatic N) is 1.